The topological polar surface area (TPSA) is 32.3 Å². The van der Waals surface area contributed by atoms with E-state index in [4.69, 9.17) is 0 Å². The lowest BCUT2D eigenvalue weighted by Gasteiger charge is -2.32. The van der Waals surface area contributed by atoms with Crippen LogP contribution in [0, 0.1) is 6.92 Å². The molecule has 1 amide bonds. The lowest BCUT2D eigenvalue weighted by molar-refractivity contribution is -0.122. The van der Waals surface area contributed by atoms with Crippen molar-refractivity contribution in [3.8, 4) is 0 Å². The van der Waals surface area contributed by atoms with Crippen LogP contribution in [0.25, 0.3) is 0 Å². The van der Waals surface area contributed by atoms with E-state index >= 15 is 0 Å². The molecule has 1 aliphatic heterocycles. The summed E-state index contributed by atoms with van der Waals surface area (Å²) in [5.74, 6) is -0.420. The Morgan fingerprint density at radius 1 is 1.41 bits per heavy atom. The van der Waals surface area contributed by atoms with Gasteiger partial charge in [0.15, 0.2) is 0 Å². The number of halogens is 3. The van der Waals surface area contributed by atoms with E-state index < -0.39 is 18.6 Å². The van der Waals surface area contributed by atoms with Crippen LogP contribution in [0.4, 0.5) is 24.5 Å². The first-order valence-electron chi connectivity index (χ1n) is 5.08. The maximum Gasteiger partial charge on any atom is 0.405 e. The molecule has 1 aromatic rings. The highest BCUT2D eigenvalue weighted by molar-refractivity contribution is 6.02. The van der Waals surface area contributed by atoms with E-state index in [9.17, 15) is 18.0 Å². The Kier molecular flexibility index (Phi) is 2.73. The Bertz CT molecular complexity index is 457. The number of anilines is 2. The van der Waals surface area contributed by atoms with Gasteiger partial charge >= 0.3 is 6.18 Å². The second kappa shape index (κ2) is 3.94. The molecule has 1 aromatic carbocycles. The molecule has 0 fully saturated rings. The predicted octanol–water partition coefficient (Wildman–Crippen LogP) is 2.32. The minimum atomic E-state index is -4.32. The van der Waals surface area contributed by atoms with Crippen molar-refractivity contribution in [3.05, 3.63) is 23.8 Å². The molecule has 0 unspecified atom stereocenters. The minimum absolute atomic E-state index is 0.268. The van der Waals surface area contributed by atoms with Crippen molar-refractivity contribution in [2.75, 3.05) is 23.3 Å². The maximum absolute atomic E-state index is 12.4. The van der Waals surface area contributed by atoms with E-state index in [-0.39, 0.29) is 6.54 Å². The maximum atomic E-state index is 12.4. The van der Waals surface area contributed by atoms with Gasteiger partial charge in [-0.25, -0.2) is 0 Å². The molecule has 0 bridgehead atoms. The molecule has 1 N–H and O–H groups in total. The van der Waals surface area contributed by atoms with Gasteiger partial charge in [0, 0.05) is 0 Å². The van der Waals surface area contributed by atoms with Gasteiger partial charge in [-0.15, -0.1) is 0 Å². The van der Waals surface area contributed by atoms with Crippen molar-refractivity contribution >= 4 is 17.3 Å². The number of aryl methyl sites for hydroxylation is 1. The van der Waals surface area contributed by atoms with Gasteiger partial charge in [-0.2, -0.15) is 13.2 Å². The van der Waals surface area contributed by atoms with Crippen LogP contribution in [-0.4, -0.2) is 25.2 Å². The summed E-state index contributed by atoms with van der Waals surface area (Å²) in [4.78, 5) is 12.4. The quantitative estimate of drug-likeness (QED) is 0.822. The molecule has 0 aliphatic carbocycles. The zero-order chi connectivity index (χ0) is 12.6. The van der Waals surface area contributed by atoms with E-state index in [1.165, 1.54) is 0 Å². The van der Waals surface area contributed by atoms with Crippen LogP contribution < -0.4 is 10.2 Å². The molecule has 6 heteroatoms. The average molecular weight is 244 g/mol. The Labute approximate surface area is 96.2 Å². The molecule has 0 saturated heterocycles. The first-order chi connectivity index (χ1) is 7.87. The van der Waals surface area contributed by atoms with Gasteiger partial charge in [-0.3, -0.25) is 4.79 Å². The zero-order valence-electron chi connectivity index (χ0n) is 9.14. The number of amides is 1. The second-order valence-electron chi connectivity index (χ2n) is 3.99. The molecule has 0 radical (unpaired) electrons. The number of carbonyl (C=O) groups is 1. The highest BCUT2D eigenvalue weighted by Crippen LogP contribution is 2.33. The summed E-state index contributed by atoms with van der Waals surface area (Å²) < 4.78 is 37.2. The molecule has 0 spiro atoms. The van der Waals surface area contributed by atoms with Gasteiger partial charge in [0.1, 0.15) is 6.54 Å². The van der Waals surface area contributed by atoms with Gasteiger partial charge < -0.3 is 10.2 Å². The molecule has 0 aromatic heterocycles. The fraction of sp³-hybridized carbons (Fsp3) is 0.364. The molecule has 0 saturated carbocycles. The standard InChI is InChI=1S/C11H11F3N2O/c1-7-3-2-4-8-10(7)15-9(17)5-16(8)6-11(12,13)14/h2-4H,5-6H2,1H3,(H,15,17). The number of hydrogen-bond donors (Lipinski definition) is 1. The van der Waals surface area contributed by atoms with Crippen molar-refractivity contribution in [2.24, 2.45) is 0 Å². The molecule has 17 heavy (non-hydrogen) atoms. The SMILES string of the molecule is Cc1cccc2c1NC(=O)CN2CC(F)(F)F. The van der Waals surface area contributed by atoms with Gasteiger partial charge in [0.25, 0.3) is 0 Å². The van der Waals surface area contributed by atoms with Crippen LogP contribution >= 0.6 is 0 Å². The van der Waals surface area contributed by atoms with Gasteiger partial charge in [-0.05, 0) is 18.6 Å². The van der Waals surface area contributed by atoms with E-state index in [1.54, 1.807) is 25.1 Å². The molecule has 2 rings (SSSR count). The number of carbonyl (C=O) groups excluding carboxylic acids is 1. The molecular weight excluding hydrogens is 233 g/mol. The molecule has 3 nitrogen and oxygen atoms in total. The monoisotopic (exact) mass is 244 g/mol. The number of hydrogen-bond acceptors (Lipinski definition) is 2. The Morgan fingerprint density at radius 3 is 2.76 bits per heavy atom. The van der Waals surface area contributed by atoms with Crippen molar-refractivity contribution in [1.29, 1.82) is 0 Å². The fourth-order valence-electron chi connectivity index (χ4n) is 1.87. The number of alkyl halides is 3. The van der Waals surface area contributed by atoms with Gasteiger partial charge in [0.05, 0.1) is 17.9 Å². The summed E-state index contributed by atoms with van der Waals surface area (Å²) in [6.07, 6.45) is -4.32. The van der Waals surface area contributed by atoms with Crippen molar-refractivity contribution in [3.63, 3.8) is 0 Å². The number of benzene rings is 1. The summed E-state index contributed by atoms with van der Waals surface area (Å²) in [6.45, 7) is 0.364. The highest BCUT2D eigenvalue weighted by Gasteiger charge is 2.34. The smallest absolute Gasteiger partial charge is 0.351 e. The largest absolute Gasteiger partial charge is 0.405 e. The third kappa shape index (κ3) is 2.51. The van der Waals surface area contributed by atoms with Crippen LogP contribution in [0.5, 0.6) is 0 Å². The summed E-state index contributed by atoms with van der Waals surface area (Å²) in [7, 11) is 0. The van der Waals surface area contributed by atoms with E-state index in [2.05, 4.69) is 5.32 Å². The zero-order valence-corrected chi connectivity index (χ0v) is 9.14. The van der Waals surface area contributed by atoms with Crippen LogP contribution in [0.2, 0.25) is 0 Å². The summed E-state index contributed by atoms with van der Waals surface area (Å²) >= 11 is 0. The lowest BCUT2D eigenvalue weighted by Crippen LogP contribution is -2.43. The Hall–Kier alpha value is -1.72. The van der Waals surface area contributed by atoms with Crippen molar-refractivity contribution in [2.45, 2.75) is 13.1 Å². The molecule has 1 aliphatic rings. The van der Waals surface area contributed by atoms with Gasteiger partial charge in [-0.1, -0.05) is 12.1 Å². The number of rotatable bonds is 1. The molecule has 0 atom stereocenters. The molecule has 1 heterocycles. The number of fused-ring (bicyclic) bond motifs is 1. The van der Waals surface area contributed by atoms with Crippen LogP contribution in [-0.2, 0) is 4.79 Å². The summed E-state index contributed by atoms with van der Waals surface area (Å²) in [5.41, 5.74) is 1.64. The second-order valence-corrected chi connectivity index (χ2v) is 3.99. The molecule has 92 valence electrons. The van der Waals surface area contributed by atoms with E-state index in [1.807, 2.05) is 0 Å². The van der Waals surface area contributed by atoms with Crippen LogP contribution in [0.15, 0.2) is 18.2 Å². The van der Waals surface area contributed by atoms with Crippen LogP contribution in [0.1, 0.15) is 5.56 Å². The molecular formula is C11H11F3N2O. The third-order valence-electron chi connectivity index (χ3n) is 2.56. The van der Waals surface area contributed by atoms with E-state index in [0.29, 0.717) is 11.4 Å². The fourth-order valence-corrected chi connectivity index (χ4v) is 1.87. The normalized spacial score (nSPS) is 15.5. The van der Waals surface area contributed by atoms with Crippen molar-refractivity contribution < 1.29 is 18.0 Å². The van der Waals surface area contributed by atoms with Crippen molar-refractivity contribution in [1.82, 2.24) is 0 Å². The number of para-hydroxylation sites is 1. The average Bonchev–Trinajstić information content (AvgIpc) is 2.17. The Morgan fingerprint density at radius 2 is 2.12 bits per heavy atom. The summed E-state index contributed by atoms with van der Waals surface area (Å²) in [5, 5.41) is 2.60. The summed E-state index contributed by atoms with van der Waals surface area (Å²) in [6, 6.07) is 5.00. The number of nitrogens with one attached hydrogen (secondary N) is 1. The van der Waals surface area contributed by atoms with Gasteiger partial charge in [0.2, 0.25) is 5.91 Å². The van der Waals surface area contributed by atoms with E-state index in [0.717, 1.165) is 10.5 Å². The first-order valence-corrected chi connectivity index (χ1v) is 5.08. The first kappa shape index (κ1) is 11.8. The lowest BCUT2D eigenvalue weighted by atomic mass is 10.1. The minimum Gasteiger partial charge on any atom is -0.351 e. The Balaban J connectivity index is 2.38. The van der Waals surface area contributed by atoms with Crippen LogP contribution in [0.3, 0.4) is 0 Å². The highest BCUT2D eigenvalue weighted by atomic mass is 19.4. The number of nitrogens with zero attached hydrogens (tertiary/aromatic N) is 1. The third-order valence-corrected chi connectivity index (χ3v) is 2.56. The predicted molar refractivity (Wildman–Crippen MR) is 58.1 cm³/mol.